The van der Waals surface area contributed by atoms with Gasteiger partial charge in [-0.25, -0.2) is 9.37 Å². The molecule has 0 saturated heterocycles. The van der Waals surface area contributed by atoms with Crippen molar-refractivity contribution in [1.29, 1.82) is 0 Å². The maximum atomic E-state index is 13.1. The molecule has 2 N–H and O–H groups in total. The van der Waals surface area contributed by atoms with Crippen LogP contribution in [-0.2, 0) is 13.1 Å². The Kier molecular flexibility index (Phi) is 4.92. The number of nitrogens with zero attached hydrogens (tertiary/aromatic N) is 2. The smallest absolute Gasteiger partial charge is 0.225 e. The maximum absolute atomic E-state index is 13.1. The van der Waals surface area contributed by atoms with Crippen LogP contribution in [0.1, 0.15) is 11.1 Å². The van der Waals surface area contributed by atoms with Crippen LogP contribution in [0.15, 0.2) is 78.9 Å². The van der Waals surface area contributed by atoms with Crippen molar-refractivity contribution in [2.75, 3.05) is 10.6 Å². The number of hydrogen-bond acceptors (Lipinski definition) is 4. The van der Waals surface area contributed by atoms with Gasteiger partial charge in [0.2, 0.25) is 5.95 Å². The molecule has 4 aromatic rings. The Labute approximate surface area is 157 Å². The minimum Gasteiger partial charge on any atom is -0.365 e. The molecule has 1 aromatic heterocycles. The molecule has 1 heterocycles. The molecule has 0 aliphatic rings. The van der Waals surface area contributed by atoms with E-state index in [1.54, 1.807) is 12.1 Å². The van der Waals surface area contributed by atoms with E-state index < -0.39 is 0 Å². The summed E-state index contributed by atoms with van der Waals surface area (Å²) in [5, 5.41) is 7.58. The zero-order valence-electron chi connectivity index (χ0n) is 14.7. The summed E-state index contributed by atoms with van der Waals surface area (Å²) < 4.78 is 13.1. The lowest BCUT2D eigenvalue weighted by atomic mass is 10.2. The van der Waals surface area contributed by atoms with Crippen LogP contribution in [0.4, 0.5) is 16.2 Å². The molecule has 0 bridgehead atoms. The minimum atomic E-state index is -0.237. The highest BCUT2D eigenvalue weighted by atomic mass is 19.1. The number of rotatable bonds is 6. The molecule has 0 unspecified atom stereocenters. The van der Waals surface area contributed by atoms with Gasteiger partial charge in [0, 0.05) is 18.5 Å². The molecule has 27 heavy (non-hydrogen) atoms. The predicted molar refractivity (Wildman–Crippen MR) is 107 cm³/mol. The maximum Gasteiger partial charge on any atom is 0.225 e. The molecule has 0 radical (unpaired) electrons. The first-order valence-electron chi connectivity index (χ1n) is 8.81. The first-order chi connectivity index (χ1) is 13.3. The molecule has 0 atom stereocenters. The summed E-state index contributed by atoms with van der Waals surface area (Å²) in [7, 11) is 0. The summed E-state index contributed by atoms with van der Waals surface area (Å²) in [4.78, 5) is 9.25. The number of hydrogen-bond donors (Lipinski definition) is 2. The van der Waals surface area contributed by atoms with E-state index in [4.69, 9.17) is 0 Å². The van der Waals surface area contributed by atoms with Gasteiger partial charge in [-0.05, 0) is 35.4 Å². The van der Waals surface area contributed by atoms with E-state index in [-0.39, 0.29) is 5.82 Å². The summed E-state index contributed by atoms with van der Waals surface area (Å²) >= 11 is 0. The van der Waals surface area contributed by atoms with Crippen molar-refractivity contribution >= 4 is 22.7 Å². The number of para-hydroxylation sites is 1. The number of fused-ring (bicyclic) bond motifs is 1. The lowest BCUT2D eigenvalue weighted by molar-refractivity contribution is 0.627. The quantitative estimate of drug-likeness (QED) is 0.510. The average Bonchev–Trinajstić information content (AvgIpc) is 2.72. The van der Waals surface area contributed by atoms with Gasteiger partial charge in [0.1, 0.15) is 11.6 Å². The van der Waals surface area contributed by atoms with Crippen LogP contribution in [0.2, 0.25) is 0 Å². The SMILES string of the molecule is Fc1ccc(CNc2nc(NCc3ccccc3)nc3ccccc23)cc1. The van der Waals surface area contributed by atoms with E-state index in [1.807, 2.05) is 42.5 Å². The van der Waals surface area contributed by atoms with Crippen molar-refractivity contribution < 1.29 is 4.39 Å². The third kappa shape index (κ3) is 4.20. The van der Waals surface area contributed by atoms with Crippen molar-refractivity contribution in [1.82, 2.24) is 9.97 Å². The number of halogens is 1. The second-order valence-electron chi connectivity index (χ2n) is 6.23. The van der Waals surface area contributed by atoms with E-state index in [0.29, 0.717) is 19.0 Å². The summed E-state index contributed by atoms with van der Waals surface area (Å²) in [5.74, 6) is 1.08. The molecule has 0 amide bonds. The van der Waals surface area contributed by atoms with Crippen LogP contribution in [0.25, 0.3) is 10.9 Å². The van der Waals surface area contributed by atoms with Crippen molar-refractivity contribution in [2.24, 2.45) is 0 Å². The third-order valence-electron chi connectivity index (χ3n) is 4.27. The number of nitrogens with one attached hydrogen (secondary N) is 2. The molecule has 0 spiro atoms. The Morgan fingerprint density at radius 2 is 1.33 bits per heavy atom. The van der Waals surface area contributed by atoms with Crippen molar-refractivity contribution in [3.8, 4) is 0 Å². The Bertz CT molecular complexity index is 1030. The summed E-state index contributed by atoms with van der Waals surface area (Å²) in [6.07, 6.45) is 0. The summed E-state index contributed by atoms with van der Waals surface area (Å²) in [6, 6.07) is 24.5. The molecule has 0 fully saturated rings. The lowest BCUT2D eigenvalue weighted by Gasteiger charge is -2.12. The topological polar surface area (TPSA) is 49.8 Å². The summed E-state index contributed by atoms with van der Waals surface area (Å²) in [5.41, 5.74) is 3.01. The van der Waals surface area contributed by atoms with Gasteiger partial charge < -0.3 is 10.6 Å². The molecule has 4 nitrogen and oxygen atoms in total. The van der Waals surface area contributed by atoms with Gasteiger partial charge in [-0.15, -0.1) is 0 Å². The van der Waals surface area contributed by atoms with Crippen molar-refractivity contribution in [2.45, 2.75) is 13.1 Å². The third-order valence-corrected chi connectivity index (χ3v) is 4.27. The second-order valence-corrected chi connectivity index (χ2v) is 6.23. The molecule has 0 saturated carbocycles. The normalized spacial score (nSPS) is 10.7. The highest BCUT2D eigenvalue weighted by molar-refractivity contribution is 5.90. The van der Waals surface area contributed by atoms with Crippen LogP contribution in [0.3, 0.4) is 0 Å². The highest BCUT2D eigenvalue weighted by Gasteiger charge is 2.07. The molecule has 3 aromatic carbocycles. The number of anilines is 2. The molecular weight excluding hydrogens is 339 g/mol. The Morgan fingerprint density at radius 3 is 2.15 bits per heavy atom. The first kappa shape index (κ1) is 17.0. The molecule has 0 aliphatic heterocycles. The molecule has 4 rings (SSSR count). The van der Waals surface area contributed by atoms with E-state index in [2.05, 4.69) is 32.7 Å². The molecular formula is C22H19FN4. The van der Waals surface area contributed by atoms with E-state index in [9.17, 15) is 4.39 Å². The van der Waals surface area contributed by atoms with Crippen molar-refractivity contribution in [3.05, 3.63) is 95.8 Å². The van der Waals surface area contributed by atoms with E-state index in [1.165, 1.54) is 12.1 Å². The van der Waals surface area contributed by atoms with Crippen LogP contribution in [0, 0.1) is 5.82 Å². The fourth-order valence-electron chi connectivity index (χ4n) is 2.86. The van der Waals surface area contributed by atoms with E-state index in [0.717, 1.165) is 27.8 Å². The summed E-state index contributed by atoms with van der Waals surface area (Å²) in [6.45, 7) is 1.20. The Balaban J connectivity index is 1.57. The lowest BCUT2D eigenvalue weighted by Crippen LogP contribution is -2.08. The molecule has 5 heteroatoms. The van der Waals surface area contributed by atoms with Gasteiger partial charge in [-0.3, -0.25) is 0 Å². The van der Waals surface area contributed by atoms with E-state index >= 15 is 0 Å². The van der Waals surface area contributed by atoms with Gasteiger partial charge in [0.05, 0.1) is 5.52 Å². The highest BCUT2D eigenvalue weighted by Crippen LogP contribution is 2.22. The van der Waals surface area contributed by atoms with Crippen LogP contribution >= 0.6 is 0 Å². The molecule has 0 aliphatic carbocycles. The monoisotopic (exact) mass is 358 g/mol. The first-order valence-corrected chi connectivity index (χ1v) is 8.81. The number of aromatic nitrogens is 2. The van der Waals surface area contributed by atoms with Gasteiger partial charge >= 0.3 is 0 Å². The zero-order valence-corrected chi connectivity index (χ0v) is 14.7. The van der Waals surface area contributed by atoms with Crippen LogP contribution in [0.5, 0.6) is 0 Å². The minimum absolute atomic E-state index is 0.237. The fraction of sp³-hybridized carbons (Fsp3) is 0.0909. The fourth-order valence-corrected chi connectivity index (χ4v) is 2.86. The standard InChI is InChI=1S/C22H19FN4/c23-18-12-10-17(11-13-18)14-24-21-19-8-4-5-9-20(19)26-22(27-21)25-15-16-6-2-1-3-7-16/h1-13H,14-15H2,(H2,24,25,26,27). The van der Waals surface area contributed by atoms with Gasteiger partial charge in [0.25, 0.3) is 0 Å². The zero-order chi connectivity index (χ0) is 18.5. The Morgan fingerprint density at radius 1 is 0.667 bits per heavy atom. The van der Waals surface area contributed by atoms with Gasteiger partial charge in [0.15, 0.2) is 0 Å². The molecule has 134 valence electrons. The van der Waals surface area contributed by atoms with Gasteiger partial charge in [-0.2, -0.15) is 4.98 Å². The Hall–Kier alpha value is -3.47. The van der Waals surface area contributed by atoms with Crippen molar-refractivity contribution in [3.63, 3.8) is 0 Å². The van der Waals surface area contributed by atoms with Crippen LogP contribution < -0.4 is 10.6 Å². The number of benzene rings is 3. The second kappa shape index (κ2) is 7.83. The largest absolute Gasteiger partial charge is 0.365 e. The average molecular weight is 358 g/mol. The predicted octanol–water partition coefficient (Wildman–Crippen LogP) is 4.99. The van der Waals surface area contributed by atoms with Gasteiger partial charge in [-0.1, -0.05) is 54.6 Å². The van der Waals surface area contributed by atoms with Crippen LogP contribution in [-0.4, -0.2) is 9.97 Å².